The second-order valence-corrected chi connectivity index (χ2v) is 3.75. The maximum absolute atomic E-state index is 11.4. The zero-order chi connectivity index (χ0) is 12.8. The van der Waals surface area contributed by atoms with Gasteiger partial charge in [0.1, 0.15) is 0 Å². The Kier molecular flexibility index (Phi) is 4.68. The van der Waals surface area contributed by atoms with Crippen LogP contribution < -0.4 is 5.32 Å². The molecule has 6 nitrogen and oxygen atoms in total. The third kappa shape index (κ3) is 3.90. The minimum Gasteiger partial charge on any atom is -0.481 e. The number of carbonyl (C=O) groups excluding carboxylic acids is 1. The molecule has 1 atom stereocenters. The number of aryl methyl sites for hydroxylation is 1. The second kappa shape index (κ2) is 6.03. The molecule has 1 heterocycles. The van der Waals surface area contributed by atoms with Gasteiger partial charge in [-0.05, 0) is 19.9 Å². The van der Waals surface area contributed by atoms with Gasteiger partial charge in [-0.1, -0.05) is 0 Å². The molecule has 0 saturated carbocycles. The van der Waals surface area contributed by atoms with E-state index in [1.54, 1.807) is 10.9 Å². The van der Waals surface area contributed by atoms with Gasteiger partial charge in [0, 0.05) is 19.2 Å². The molecule has 17 heavy (non-hydrogen) atoms. The molecule has 6 heteroatoms. The first-order valence-electron chi connectivity index (χ1n) is 5.57. The number of nitrogens with zero attached hydrogens (tertiary/aromatic N) is 2. The zero-order valence-corrected chi connectivity index (χ0v) is 10.0. The van der Waals surface area contributed by atoms with Crippen molar-refractivity contribution in [2.45, 2.75) is 39.3 Å². The molecule has 2 N–H and O–H groups in total. The number of hydrogen-bond acceptors (Lipinski definition) is 3. The van der Waals surface area contributed by atoms with Gasteiger partial charge in [-0.25, -0.2) is 0 Å². The van der Waals surface area contributed by atoms with Crippen molar-refractivity contribution in [2.24, 2.45) is 0 Å². The highest BCUT2D eigenvalue weighted by Crippen LogP contribution is 2.11. The van der Waals surface area contributed by atoms with Crippen molar-refractivity contribution in [1.82, 2.24) is 15.1 Å². The summed E-state index contributed by atoms with van der Waals surface area (Å²) in [5.74, 6) is -1.23. The third-order valence-corrected chi connectivity index (χ3v) is 2.44. The Hall–Kier alpha value is -1.85. The van der Waals surface area contributed by atoms with Crippen LogP contribution in [-0.4, -0.2) is 26.8 Å². The minimum absolute atomic E-state index is 0.0000640. The average molecular weight is 239 g/mol. The molecule has 0 aliphatic carbocycles. The predicted octanol–water partition coefficient (Wildman–Crippen LogP) is 0.945. The lowest BCUT2D eigenvalue weighted by Crippen LogP contribution is -2.28. The fraction of sp³-hybridized carbons (Fsp3) is 0.545. The Bertz CT molecular complexity index is 400. The Morgan fingerprint density at radius 1 is 1.53 bits per heavy atom. The highest BCUT2D eigenvalue weighted by molar-refractivity contribution is 5.80. The summed E-state index contributed by atoms with van der Waals surface area (Å²) in [6, 6.07) is 1.67. The second-order valence-electron chi connectivity index (χ2n) is 3.75. The van der Waals surface area contributed by atoms with Crippen LogP contribution in [0.2, 0.25) is 0 Å². The fourth-order valence-electron chi connectivity index (χ4n) is 1.58. The van der Waals surface area contributed by atoms with Gasteiger partial charge in [0.25, 0.3) is 0 Å². The van der Waals surface area contributed by atoms with E-state index in [9.17, 15) is 9.59 Å². The SMILES string of the molecule is CCn1nccc1C(C)NC(=O)CCC(=O)O. The van der Waals surface area contributed by atoms with Gasteiger partial charge < -0.3 is 10.4 Å². The molecule has 1 rings (SSSR count). The van der Waals surface area contributed by atoms with Crippen molar-refractivity contribution in [1.29, 1.82) is 0 Å². The summed E-state index contributed by atoms with van der Waals surface area (Å²) in [6.07, 6.45) is 1.53. The van der Waals surface area contributed by atoms with Crippen molar-refractivity contribution in [2.75, 3.05) is 0 Å². The number of aromatic nitrogens is 2. The summed E-state index contributed by atoms with van der Waals surface area (Å²) < 4.78 is 1.79. The van der Waals surface area contributed by atoms with Crippen molar-refractivity contribution in [3.05, 3.63) is 18.0 Å². The maximum Gasteiger partial charge on any atom is 0.303 e. The first-order chi connectivity index (χ1) is 8.04. The van der Waals surface area contributed by atoms with E-state index in [0.29, 0.717) is 0 Å². The van der Waals surface area contributed by atoms with Crippen LogP contribution in [-0.2, 0) is 16.1 Å². The Labute approximate surface area is 99.6 Å². The molecular formula is C11H17N3O3. The van der Waals surface area contributed by atoms with Crippen LogP contribution in [0.25, 0.3) is 0 Å². The van der Waals surface area contributed by atoms with Gasteiger partial charge in [-0.15, -0.1) is 0 Å². The molecule has 0 fully saturated rings. The van der Waals surface area contributed by atoms with E-state index in [2.05, 4.69) is 10.4 Å². The highest BCUT2D eigenvalue weighted by Gasteiger charge is 2.13. The first kappa shape index (κ1) is 13.2. The van der Waals surface area contributed by atoms with E-state index >= 15 is 0 Å². The lowest BCUT2D eigenvalue weighted by Gasteiger charge is -2.14. The summed E-state index contributed by atoms with van der Waals surface area (Å²) in [4.78, 5) is 21.8. The van der Waals surface area contributed by atoms with Gasteiger partial charge >= 0.3 is 5.97 Å². The molecule has 1 aromatic rings. The number of carbonyl (C=O) groups is 2. The quantitative estimate of drug-likeness (QED) is 0.774. The van der Waals surface area contributed by atoms with Gasteiger partial charge in [0.2, 0.25) is 5.91 Å². The largest absolute Gasteiger partial charge is 0.481 e. The van der Waals surface area contributed by atoms with Crippen molar-refractivity contribution < 1.29 is 14.7 Å². The number of aliphatic carboxylic acids is 1. The van der Waals surface area contributed by atoms with Crippen LogP contribution >= 0.6 is 0 Å². The Morgan fingerprint density at radius 3 is 2.82 bits per heavy atom. The van der Waals surface area contributed by atoms with E-state index in [-0.39, 0.29) is 24.8 Å². The molecule has 0 aliphatic heterocycles. The van der Waals surface area contributed by atoms with Crippen LogP contribution in [0.4, 0.5) is 0 Å². The Balaban J connectivity index is 2.51. The van der Waals surface area contributed by atoms with Gasteiger partial charge in [-0.3, -0.25) is 14.3 Å². The normalized spacial score (nSPS) is 12.1. The molecule has 0 spiro atoms. The molecule has 94 valence electrons. The molecule has 1 aromatic heterocycles. The number of hydrogen-bond donors (Lipinski definition) is 2. The number of rotatable bonds is 6. The van der Waals surface area contributed by atoms with Crippen LogP contribution in [0.3, 0.4) is 0 Å². The molecule has 0 bridgehead atoms. The number of nitrogens with one attached hydrogen (secondary N) is 1. The summed E-state index contributed by atoms with van der Waals surface area (Å²) in [5, 5.41) is 15.3. The number of carboxylic acids is 1. The van der Waals surface area contributed by atoms with Crippen LogP contribution in [0.15, 0.2) is 12.3 Å². The number of amides is 1. The summed E-state index contributed by atoms with van der Waals surface area (Å²) in [7, 11) is 0. The molecular weight excluding hydrogens is 222 g/mol. The van der Waals surface area contributed by atoms with Crippen molar-refractivity contribution in [3.8, 4) is 0 Å². The van der Waals surface area contributed by atoms with Crippen molar-refractivity contribution >= 4 is 11.9 Å². The molecule has 1 unspecified atom stereocenters. The van der Waals surface area contributed by atoms with Gasteiger partial charge in [-0.2, -0.15) is 5.10 Å². The van der Waals surface area contributed by atoms with E-state index in [1.165, 1.54) is 0 Å². The lowest BCUT2D eigenvalue weighted by molar-refractivity contribution is -0.138. The fourth-order valence-corrected chi connectivity index (χ4v) is 1.58. The predicted molar refractivity (Wildman–Crippen MR) is 61.3 cm³/mol. The van der Waals surface area contributed by atoms with Crippen LogP contribution in [0, 0.1) is 0 Å². The molecule has 1 amide bonds. The van der Waals surface area contributed by atoms with E-state index in [1.807, 2.05) is 19.9 Å². The van der Waals surface area contributed by atoms with E-state index in [0.717, 1.165) is 12.2 Å². The van der Waals surface area contributed by atoms with E-state index in [4.69, 9.17) is 5.11 Å². The summed E-state index contributed by atoms with van der Waals surface area (Å²) >= 11 is 0. The van der Waals surface area contributed by atoms with Crippen LogP contribution in [0.1, 0.15) is 38.4 Å². The average Bonchev–Trinajstić information content (AvgIpc) is 2.74. The monoisotopic (exact) mass is 239 g/mol. The smallest absolute Gasteiger partial charge is 0.303 e. The number of carboxylic acid groups (broad SMARTS) is 1. The maximum atomic E-state index is 11.4. The van der Waals surface area contributed by atoms with E-state index < -0.39 is 5.97 Å². The zero-order valence-electron chi connectivity index (χ0n) is 10.0. The minimum atomic E-state index is -0.966. The topological polar surface area (TPSA) is 84.2 Å². The first-order valence-corrected chi connectivity index (χ1v) is 5.57. The van der Waals surface area contributed by atoms with Gasteiger partial charge in [0.05, 0.1) is 18.2 Å². The van der Waals surface area contributed by atoms with Crippen molar-refractivity contribution in [3.63, 3.8) is 0 Å². The molecule has 0 aromatic carbocycles. The Morgan fingerprint density at radius 2 is 2.24 bits per heavy atom. The third-order valence-electron chi connectivity index (χ3n) is 2.44. The van der Waals surface area contributed by atoms with Crippen LogP contribution in [0.5, 0.6) is 0 Å². The summed E-state index contributed by atoms with van der Waals surface area (Å²) in [5.41, 5.74) is 0.913. The van der Waals surface area contributed by atoms with Gasteiger partial charge in [0.15, 0.2) is 0 Å². The molecule has 0 aliphatic rings. The lowest BCUT2D eigenvalue weighted by atomic mass is 10.2. The summed E-state index contributed by atoms with van der Waals surface area (Å²) in [6.45, 7) is 4.55. The molecule has 0 radical (unpaired) electrons. The molecule has 0 saturated heterocycles. The highest BCUT2D eigenvalue weighted by atomic mass is 16.4. The standard InChI is InChI=1S/C11H17N3O3/c1-3-14-9(6-7-12-14)8(2)13-10(15)4-5-11(16)17/h6-8H,3-5H2,1-2H3,(H,13,15)(H,16,17).